The summed E-state index contributed by atoms with van der Waals surface area (Å²) in [6, 6.07) is 12.9. The average Bonchev–Trinajstić information content (AvgIpc) is 2.61. The highest BCUT2D eigenvalue weighted by Gasteiger charge is 2.23. The van der Waals surface area contributed by atoms with Gasteiger partial charge in [0, 0.05) is 12.1 Å². The fourth-order valence-corrected chi connectivity index (χ4v) is 2.39. The lowest BCUT2D eigenvalue weighted by Crippen LogP contribution is -2.31. The van der Waals surface area contributed by atoms with Crippen LogP contribution in [-0.4, -0.2) is 30.6 Å². The molecule has 1 N–H and O–H groups in total. The molecular formula is C18H16N2O4. The summed E-state index contributed by atoms with van der Waals surface area (Å²) in [6.45, 7) is 2.12. The van der Waals surface area contributed by atoms with Crippen LogP contribution >= 0.6 is 0 Å². The quantitative estimate of drug-likeness (QED) is 0.913. The molecule has 0 aliphatic carbocycles. The number of carbonyl (C=O) groups excluding carboxylic acids is 1. The summed E-state index contributed by atoms with van der Waals surface area (Å²) in [7, 11) is 1.37. The Morgan fingerprint density at radius 2 is 1.88 bits per heavy atom. The van der Waals surface area contributed by atoms with Crippen molar-refractivity contribution in [2.24, 2.45) is 0 Å². The summed E-state index contributed by atoms with van der Waals surface area (Å²) in [4.78, 5) is 25.5. The third kappa shape index (κ3) is 3.20. The largest absolute Gasteiger partial charge is 0.494 e. The van der Waals surface area contributed by atoms with Gasteiger partial charge >= 0.3 is 5.97 Å². The number of benzene rings is 2. The number of aromatic carboxylic acids is 1. The normalized spacial score (nSPS) is 9.88. The highest BCUT2D eigenvalue weighted by molar-refractivity contribution is 6.08. The Morgan fingerprint density at radius 3 is 2.38 bits per heavy atom. The van der Waals surface area contributed by atoms with Gasteiger partial charge in [-0.25, -0.2) is 4.79 Å². The molecule has 2 aromatic carbocycles. The van der Waals surface area contributed by atoms with E-state index in [0.29, 0.717) is 23.4 Å². The summed E-state index contributed by atoms with van der Waals surface area (Å²) in [6.07, 6.45) is 0. The van der Waals surface area contributed by atoms with Crippen LogP contribution in [0.3, 0.4) is 0 Å². The lowest BCUT2D eigenvalue weighted by atomic mass is 10.1. The molecule has 0 aliphatic rings. The van der Waals surface area contributed by atoms with Gasteiger partial charge in [0.05, 0.1) is 24.4 Å². The molecule has 0 saturated heterocycles. The minimum atomic E-state index is -1.13. The first-order valence-corrected chi connectivity index (χ1v) is 7.25. The van der Waals surface area contributed by atoms with Crippen molar-refractivity contribution in [3.63, 3.8) is 0 Å². The highest BCUT2D eigenvalue weighted by atomic mass is 16.5. The second kappa shape index (κ2) is 7.29. The van der Waals surface area contributed by atoms with Crippen molar-refractivity contribution in [3.05, 3.63) is 59.2 Å². The van der Waals surface area contributed by atoms with E-state index in [1.54, 1.807) is 43.3 Å². The van der Waals surface area contributed by atoms with Gasteiger partial charge in [-0.05, 0) is 43.3 Å². The smallest absolute Gasteiger partial charge is 0.339 e. The van der Waals surface area contributed by atoms with E-state index >= 15 is 0 Å². The van der Waals surface area contributed by atoms with E-state index < -0.39 is 5.97 Å². The van der Waals surface area contributed by atoms with Crippen molar-refractivity contribution >= 4 is 17.6 Å². The van der Waals surface area contributed by atoms with Gasteiger partial charge in [0.2, 0.25) is 0 Å². The first kappa shape index (κ1) is 17.0. The maximum Gasteiger partial charge on any atom is 0.339 e. The molecule has 6 nitrogen and oxygen atoms in total. The second-order valence-corrected chi connectivity index (χ2v) is 4.90. The molecule has 122 valence electrons. The van der Waals surface area contributed by atoms with Crippen molar-refractivity contribution in [3.8, 4) is 11.8 Å². The molecule has 2 aromatic rings. The number of anilines is 1. The number of para-hydroxylation sites is 1. The lowest BCUT2D eigenvalue weighted by molar-refractivity contribution is 0.0692. The van der Waals surface area contributed by atoms with Crippen molar-refractivity contribution in [2.45, 2.75) is 6.92 Å². The zero-order valence-corrected chi connectivity index (χ0v) is 13.3. The molecule has 2 rings (SSSR count). The van der Waals surface area contributed by atoms with Crippen LogP contribution < -0.4 is 9.64 Å². The van der Waals surface area contributed by atoms with Gasteiger partial charge in [0.25, 0.3) is 5.91 Å². The van der Waals surface area contributed by atoms with E-state index in [4.69, 9.17) is 10.00 Å². The van der Waals surface area contributed by atoms with Crippen LogP contribution in [0.1, 0.15) is 33.2 Å². The van der Waals surface area contributed by atoms with Crippen molar-refractivity contribution in [2.75, 3.05) is 18.6 Å². The van der Waals surface area contributed by atoms with Gasteiger partial charge < -0.3 is 14.7 Å². The molecule has 0 heterocycles. The van der Waals surface area contributed by atoms with Gasteiger partial charge in [0.15, 0.2) is 5.75 Å². The van der Waals surface area contributed by atoms with Crippen LogP contribution in [0.2, 0.25) is 0 Å². The monoisotopic (exact) mass is 324 g/mol. The van der Waals surface area contributed by atoms with Crippen LogP contribution in [0.25, 0.3) is 0 Å². The first-order valence-electron chi connectivity index (χ1n) is 7.25. The zero-order chi connectivity index (χ0) is 17.7. The number of hydrogen-bond donors (Lipinski definition) is 1. The van der Waals surface area contributed by atoms with Crippen molar-refractivity contribution in [1.29, 1.82) is 5.26 Å². The number of nitriles is 1. The van der Waals surface area contributed by atoms with E-state index in [9.17, 15) is 14.7 Å². The average molecular weight is 324 g/mol. The molecule has 0 unspecified atom stereocenters. The summed E-state index contributed by atoms with van der Waals surface area (Å²) >= 11 is 0. The Morgan fingerprint density at radius 1 is 1.21 bits per heavy atom. The minimum Gasteiger partial charge on any atom is -0.494 e. The van der Waals surface area contributed by atoms with Crippen molar-refractivity contribution in [1.82, 2.24) is 0 Å². The topological polar surface area (TPSA) is 90.6 Å². The van der Waals surface area contributed by atoms with Crippen LogP contribution in [0.5, 0.6) is 5.75 Å². The molecule has 0 atom stereocenters. The van der Waals surface area contributed by atoms with Gasteiger partial charge in [-0.2, -0.15) is 5.26 Å². The fourth-order valence-electron chi connectivity index (χ4n) is 2.39. The van der Waals surface area contributed by atoms with E-state index in [1.165, 1.54) is 18.1 Å². The third-order valence-electron chi connectivity index (χ3n) is 3.54. The standard InChI is InChI=1S/C18H16N2O4/c1-3-20(17(21)13-9-7-12(11-19)8-10-13)15-6-4-5-14(18(22)23)16(15)24-2/h4-10H,3H2,1-2H3,(H,22,23). The van der Waals surface area contributed by atoms with Gasteiger partial charge in [0.1, 0.15) is 5.56 Å². The predicted molar refractivity (Wildman–Crippen MR) is 88.5 cm³/mol. The van der Waals surface area contributed by atoms with E-state index in [2.05, 4.69) is 0 Å². The number of ether oxygens (including phenoxy) is 1. The van der Waals surface area contributed by atoms with Gasteiger partial charge in [-0.3, -0.25) is 4.79 Å². The Labute approximate surface area is 139 Å². The molecule has 0 spiro atoms. The molecule has 0 aliphatic heterocycles. The molecule has 0 saturated carbocycles. The van der Waals surface area contributed by atoms with E-state index in [-0.39, 0.29) is 17.2 Å². The SMILES string of the molecule is CCN(C(=O)c1ccc(C#N)cc1)c1cccc(C(=O)O)c1OC. The highest BCUT2D eigenvalue weighted by Crippen LogP contribution is 2.33. The number of carboxylic acid groups (broad SMARTS) is 1. The first-order chi connectivity index (χ1) is 11.5. The Balaban J connectivity index is 2.48. The lowest BCUT2D eigenvalue weighted by Gasteiger charge is -2.24. The van der Waals surface area contributed by atoms with E-state index in [0.717, 1.165) is 0 Å². The number of methoxy groups -OCH3 is 1. The Hall–Kier alpha value is -3.33. The molecule has 0 fully saturated rings. The summed E-state index contributed by atoms with van der Waals surface area (Å²) < 4.78 is 5.23. The second-order valence-electron chi connectivity index (χ2n) is 4.90. The van der Waals surface area contributed by atoms with Crippen LogP contribution in [0, 0.1) is 11.3 Å². The maximum absolute atomic E-state index is 12.8. The number of carbonyl (C=O) groups is 2. The number of rotatable bonds is 5. The van der Waals surface area contributed by atoms with Crippen LogP contribution in [0.4, 0.5) is 5.69 Å². The third-order valence-corrected chi connectivity index (χ3v) is 3.54. The molecular weight excluding hydrogens is 308 g/mol. The maximum atomic E-state index is 12.8. The molecule has 0 aromatic heterocycles. The Kier molecular flexibility index (Phi) is 5.17. The van der Waals surface area contributed by atoms with Crippen LogP contribution in [-0.2, 0) is 0 Å². The molecule has 24 heavy (non-hydrogen) atoms. The summed E-state index contributed by atoms with van der Waals surface area (Å²) in [5.41, 5.74) is 1.23. The minimum absolute atomic E-state index is 0.0129. The van der Waals surface area contributed by atoms with Crippen molar-refractivity contribution < 1.29 is 19.4 Å². The van der Waals surface area contributed by atoms with Gasteiger partial charge in [-0.15, -0.1) is 0 Å². The Bertz CT molecular complexity index is 807. The number of carboxylic acids is 1. The van der Waals surface area contributed by atoms with Gasteiger partial charge in [-0.1, -0.05) is 6.07 Å². The number of hydrogen-bond acceptors (Lipinski definition) is 4. The molecule has 0 bridgehead atoms. The zero-order valence-electron chi connectivity index (χ0n) is 13.3. The number of amides is 1. The summed E-state index contributed by atoms with van der Waals surface area (Å²) in [5, 5.41) is 18.1. The predicted octanol–water partition coefficient (Wildman–Crippen LogP) is 2.93. The molecule has 0 radical (unpaired) electrons. The number of nitrogens with zero attached hydrogens (tertiary/aromatic N) is 2. The fraction of sp³-hybridized carbons (Fsp3) is 0.167. The molecule has 1 amide bonds. The van der Waals surface area contributed by atoms with Crippen LogP contribution in [0.15, 0.2) is 42.5 Å². The summed E-state index contributed by atoms with van der Waals surface area (Å²) in [5.74, 6) is -1.30. The molecule has 6 heteroatoms. The van der Waals surface area contributed by atoms with E-state index in [1.807, 2.05) is 6.07 Å².